The van der Waals surface area contributed by atoms with E-state index in [4.69, 9.17) is 9.15 Å². The zero-order valence-electron chi connectivity index (χ0n) is 11.8. The van der Waals surface area contributed by atoms with Gasteiger partial charge in [0.05, 0.1) is 17.4 Å². The van der Waals surface area contributed by atoms with Crippen molar-refractivity contribution in [3.8, 4) is 15.6 Å². The van der Waals surface area contributed by atoms with Crippen molar-refractivity contribution in [1.29, 1.82) is 0 Å². The SMILES string of the molecule is c1cc(-c2cnc(OC3[C@H]4CC5C[C@H]3CN(C5)C4)s2)co1. The van der Waals surface area contributed by atoms with Crippen LogP contribution in [0.25, 0.3) is 10.4 Å². The van der Waals surface area contributed by atoms with Gasteiger partial charge >= 0.3 is 0 Å². The molecule has 0 spiro atoms. The van der Waals surface area contributed by atoms with Gasteiger partial charge in [0.25, 0.3) is 5.19 Å². The summed E-state index contributed by atoms with van der Waals surface area (Å²) in [5, 5.41) is 0.818. The second kappa shape index (κ2) is 4.58. The summed E-state index contributed by atoms with van der Waals surface area (Å²) < 4.78 is 11.5. The maximum absolute atomic E-state index is 6.32. The summed E-state index contributed by atoms with van der Waals surface area (Å²) in [4.78, 5) is 8.21. The molecule has 3 aliphatic heterocycles. The van der Waals surface area contributed by atoms with Crippen molar-refractivity contribution in [2.45, 2.75) is 18.9 Å². The number of furan rings is 1. The molecule has 4 aliphatic rings. The van der Waals surface area contributed by atoms with Gasteiger partial charge in [0.2, 0.25) is 0 Å². The molecule has 2 aromatic rings. The van der Waals surface area contributed by atoms with Gasteiger partial charge in [-0.25, -0.2) is 4.98 Å². The van der Waals surface area contributed by atoms with Gasteiger partial charge in [0.1, 0.15) is 6.10 Å². The number of rotatable bonds is 3. The average Bonchev–Trinajstić information content (AvgIpc) is 3.13. The Balaban J connectivity index is 1.36. The van der Waals surface area contributed by atoms with E-state index >= 15 is 0 Å². The molecule has 0 amide bonds. The Kier molecular flexibility index (Phi) is 2.67. The molecule has 3 saturated heterocycles. The van der Waals surface area contributed by atoms with E-state index in [1.165, 1.54) is 32.5 Å². The normalized spacial score (nSPS) is 37.0. The number of aromatic nitrogens is 1. The summed E-state index contributed by atoms with van der Waals surface area (Å²) in [6.45, 7) is 3.76. The Morgan fingerprint density at radius 1 is 1.24 bits per heavy atom. The summed E-state index contributed by atoms with van der Waals surface area (Å²) in [5.41, 5.74) is 1.08. The molecule has 110 valence electrons. The predicted octanol–water partition coefficient (Wildman–Crippen LogP) is 3.12. The van der Waals surface area contributed by atoms with Gasteiger partial charge in [-0.2, -0.15) is 0 Å². The highest BCUT2D eigenvalue weighted by molar-refractivity contribution is 7.16. The van der Waals surface area contributed by atoms with Crippen LogP contribution in [-0.2, 0) is 0 Å². The van der Waals surface area contributed by atoms with Gasteiger partial charge in [-0.3, -0.25) is 0 Å². The number of ether oxygens (including phenoxy) is 1. The molecular weight excluding hydrogens is 284 g/mol. The highest BCUT2D eigenvalue weighted by atomic mass is 32.1. The van der Waals surface area contributed by atoms with Crippen LogP contribution in [0, 0.1) is 17.8 Å². The van der Waals surface area contributed by atoms with Gasteiger partial charge in [-0.05, 0) is 24.8 Å². The van der Waals surface area contributed by atoms with E-state index in [0.29, 0.717) is 17.9 Å². The van der Waals surface area contributed by atoms with Crippen LogP contribution >= 0.6 is 11.3 Å². The predicted molar refractivity (Wildman–Crippen MR) is 80.4 cm³/mol. The Bertz CT molecular complexity index is 609. The fraction of sp³-hybridized carbons (Fsp3) is 0.562. The largest absolute Gasteiger partial charge is 0.472 e. The van der Waals surface area contributed by atoms with Gasteiger partial charge < -0.3 is 14.1 Å². The molecule has 2 aromatic heterocycles. The van der Waals surface area contributed by atoms with Crippen LogP contribution < -0.4 is 4.74 Å². The fourth-order valence-corrected chi connectivity index (χ4v) is 5.32. The Labute approximate surface area is 127 Å². The van der Waals surface area contributed by atoms with E-state index in [2.05, 4.69) is 9.88 Å². The lowest BCUT2D eigenvalue weighted by molar-refractivity contribution is -0.0985. The lowest BCUT2D eigenvalue weighted by atomic mass is 9.66. The smallest absolute Gasteiger partial charge is 0.274 e. The van der Waals surface area contributed by atoms with Crippen LogP contribution in [0.15, 0.2) is 29.2 Å². The second-order valence-electron chi connectivity index (χ2n) is 6.66. The summed E-state index contributed by atoms with van der Waals surface area (Å²) in [5.74, 6) is 2.33. The topological polar surface area (TPSA) is 38.5 Å². The fourth-order valence-electron chi connectivity index (χ4n) is 4.52. The van der Waals surface area contributed by atoms with Crippen LogP contribution in [-0.4, -0.2) is 35.6 Å². The molecule has 21 heavy (non-hydrogen) atoms. The lowest BCUT2D eigenvalue weighted by Crippen LogP contribution is -2.61. The van der Waals surface area contributed by atoms with Crippen LogP contribution in [0.2, 0.25) is 0 Å². The maximum Gasteiger partial charge on any atom is 0.274 e. The van der Waals surface area contributed by atoms with Crippen LogP contribution in [0.3, 0.4) is 0 Å². The van der Waals surface area contributed by atoms with E-state index < -0.39 is 0 Å². The first kappa shape index (κ1) is 12.2. The lowest BCUT2D eigenvalue weighted by Gasteiger charge is -2.55. The molecule has 0 unspecified atom stereocenters. The van der Waals surface area contributed by atoms with E-state index in [0.717, 1.165) is 21.6 Å². The molecule has 0 radical (unpaired) electrons. The highest BCUT2D eigenvalue weighted by Crippen LogP contribution is 2.45. The monoisotopic (exact) mass is 302 g/mol. The number of nitrogens with zero attached hydrogens (tertiary/aromatic N) is 2. The third kappa shape index (κ3) is 2.02. The molecule has 5 heteroatoms. The zero-order valence-corrected chi connectivity index (χ0v) is 12.6. The van der Waals surface area contributed by atoms with Gasteiger partial charge in [0, 0.05) is 43.2 Å². The first-order valence-electron chi connectivity index (χ1n) is 7.72. The first-order valence-corrected chi connectivity index (χ1v) is 8.54. The third-order valence-corrected chi connectivity index (χ3v) is 6.17. The minimum atomic E-state index is 0.376. The minimum Gasteiger partial charge on any atom is -0.472 e. The molecule has 4 bridgehead atoms. The summed E-state index contributed by atoms with van der Waals surface area (Å²) >= 11 is 1.63. The number of piperidine rings is 3. The quantitative estimate of drug-likeness (QED) is 0.873. The zero-order chi connectivity index (χ0) is 13.8. The molecule has 0 N–H and O–H groups in total. The van der Waals surface area contributed by atoms with Gasteiger partial charge in [0.15, 0.2) is 0 Å². The second-order valence-corrected chi connectivity index (χ2v) is 7.65. The van der Waals surface area contributed by atoms with Crippen molar-refractivity contribution in [2.75, 3.05) is 19.6 Å². The Morgan fingerprint density at radius 2 is 2.10 bits per heavy atom. The first-order chi connectivity index (χ1) is 10.3. The summed E-state index contributed by atoms with van der Waals surface area (Å²) in [6.07, 6.45) is 8.41. The van der Waals surface area contributed by atoms with Crippen molar-refractivity contribution < 1.29 is 9.15 Å². The molecule has 4 fully saturated rings. The number of hydrogen-bond donors (Lipinski definition) is 0. The van der Waals surface area contributed by atoms with Crippen molar-refractivity contribution in [3.05, 3.63) is 24.8 Å². The molecular formula is C16H18N2O2S. The van der Waals surface area contributed by atoms with Crippen molar-refractivity contribution >= 4 is 11.3 Å². The van der Waals surface area contributed by atoms with Crippen LogP contribution in [0.1, 0.15) is 12.8 Å². The van der Waals surface area contributed by atoms with Gasteiger partial charge in [-0.1, -0.05) is 11.3 Å². The molecule has 5 heterocycles. The van der Waals surface area contributed by atoms with Crippen LogP contribution in [0.5, 0.6) is 5.19 Å². The van der Waals surface area contributed by atoms with E-state index in [1.54, 1.807) is 23.9 Å². The molecule has 0 aromatic carbocycles. The molecule has 1 saturated carbocycles. The Hall–Kier alpha value is -1.33. The highest BCUT2D eigenvalue weighted by Gasteiger charge is 2.48. The molecule has 4 nitrogen and oxygen atoms in total. The standard InChI is InChI=1S/C16H18N2O2S/c1-2-19-9-11(1)14-5-17-16(21-14)20-15-12-3-10-4-13(15)8-18(6-10)7-12/h1-2,5,9-10,12-13,15H,3-4,6-8H2/t10?,12-,13-,15?/m0/s1. The number of thiazole rings is 1. The average molecular weight is 302 g/mol. The minimum absolute atomic E-state index is 0.376. The number of hydrogen-bond acceptors (Lipinski definition) is 5. The molecule has 2 atom stereocenters. The van der Waals surface area contributed by atoms with E-state index in [1.807, 2.05) is 12.3 Å². The maximum atomic E-state index is 6.32. The molecule has 6 rings (SSSR count). The Morgan fingerprint density at radius 3 is 2.81 bits per heavy atom. The van der Waals surface area contributed by atoms with Crippen LogP contribution in [0.4, 0.5) is 0 Å². The van der Waals surface area contributed by atoms with Crippen molar-refractivity contribution in [3.63, 3.8) is 0 Å². The van der Waals surface area contributed by atoms with E-state index in [-0.39, 0.29) is 0 Å². The van der Waals surface area contributed by atoms with Crippen molar-refractivity contribution in [1.82, 2.24) is 9.88 Å². The van der Waals surface area contributed by atoms with Crippen molar-refractivity contribution in [2.24, 2.45) is 17.8 Å². The third-order valence-electron chi connectivity index (χ3n) is 5.23. The van der Waals surface area contributed by atoms with E-state index in [9.17, 15) is 0 Å². The van der Waals surface area contributed by atoms with Gasteiger partial charge in [-0.15, -0.1) is 0 Å². The summed E-state index contributed by atoms with van der Waals surface area (Å²) in [6, 6.07) is 1.97. The summed E-state index contributed by atoms with van der Waals surface area (Å²) in [7, 11) is 0. The molecule has 1 aliphatic carbocycles.